The zero-order valence-corrected chi connectivity index (χ0v) is 11.8. The number of benzene rings is 1. The van der Waals surface area contributed by atoms with Gasteiger partial charge in [0.1, 0.15) is 0 Å². The summed E-state index contributed by atoms with van der Waals surface area (Å²) in [5.41, 5.74) is 1.09. The predicted molar refractivity (Wildman–Crippen MR) is 73.4 cm³/mol. The van der Waals surface area contributed by atoms with Crippen molar-refractivity contribution in [3.63, 3.8) is 0 Å². The highest BCUT2D eigenvalue weighted by molar-refractivity contribution is 5.30. The molecule has 106 valence electrons. The number of piperazine rings is 1. The Labute approximate surface area is 113 Å². The molecular weight excluding hydrogens is 246 g/mol. The monoisotopic (exact) mass is 268 g/mol. The Bertz CT molecular complexity index is 432. The molecular formula is C15H22F2N2. The molecule has 0 radical (unpaired) electrons. The van der Waals surface area contributed by atoms with Crippen LogP contribution in [-0.4, -0.2) is 31.6 Å². The van der Waals surface area contributed by atoms with Crippen LogP contribution >= 0.6 is 0 Å². The Morgan fingerprint density at radius 1 is 1.37 bits per heavy atom. The molecule has 1 fully saturated rings. The van der Waals surface area contributed by atoms with Crippen LogP contribution in [-0.2, 0) is 5.92 Å². The van der Waals surface area contributed by atoms with Crippen molar-refractivity contribution in [1.82, 2.24) is 10.2 Å². The van der Waals surface area contributed by atoms with Crippen LogP contribution in [0, 0.1) is 5.92 Å². The van der Waals surface area contributed by atoms with Gasteiger partial charge in [-0.15, -0.1) is 0 Å². The topological polar surface area (TPSA) is 15.3 Å². The van der Waals surface area contributed by atoms with Gasteiger partial charge >= 0.3 is 0 Å². The van der Waals surface area contributed by atoms with Gasteiger partial charge in [-0.2, -0.15) is 0 Å². The lowest BCUT2D eigenvalue weighted by molar-refractivity contribution is -0.0515. The molecule has 0 spiro atoms. The van der Waals surface area contributed by atoms with Gasteiger partial charge in [-0.3, -0.25) is 4.90 Å². The largest absolute Gasteiger partial charge is 0.314 e. The minimum atomic E-state index is -2.77. The molecule has 1 aliphatic heterocycles. The van der Waals surface area contributed by atoms with Gasteiger partial charge in [0.25, 0.3) is 5.92 Å². The third-order valence-corrected chi connectivity index (χ3v) is 3.89. The molecule has 1 aliphatic rings. The van der Waals surface area contributed by atoms with Crippen LogP contribution in [0.2, 0.25) is 0 Å². The highest BCUT2D eigenvalue weighted by atomic mass is 19.3. The molecule has 2 nitrogen and oxygen atoms in total. The molecule has 1 heterocycles. The summed E-state index contributed by atoms with van der Waals surface area (Å²) in [7, 11) is 2.04. The second-order valence-corrected chi connectivity index (χ2v) is 5.60. The summed E-state index contributed by atoms with van der Waals surface area (Å²) in [6.07, 6.45) is 0. The maximum absolute atomic E-state index is 14.1. The van der Waals surface area contributed by atoms with Gasteiger partial charge in [0, 0.05) is 37.2 Å². The van der Waals surface area contributed by atoms with Crippen molar-refractivity contribution in [1.29, 1.82) is 0 Å². The van der Waals surface area contributed by atoms with E-state index in [0.717, 1.165) is 25.2 Å². The molecule has 0 bridgehead atoms. The normalized spacial score (nSPS) is 21.9. The van der Waals surface area contributed by atoms with Crippen LogP contribution in [0.3, 0.4) is 0 Å². The van der Waals surface area contributed by atoms with Crippen LogP contribution in [0.4, 0.5) is 8.78 Å². The number of alkyl halides is 2. The Hall–Kier alpha value is -1.00. The van der Waals surface area contributed by atoms with Crippen molar-refractivity contribution in [2.75, 3.05) is 26.7 Å². The second kappa shape index (κ2) is 5.55. The lowest BCUT2D eigenvalue weighted by Crippen LogP contribution is -2.43. The molecule has 19 heavy (non-hydrogen) atoms. The maximum Gasteiger partial charge on any atom is 0.275 e. The van der Waals surface area contributed by atoms with Gasteiger partial charge in [-0.05, 0) is 18.7 Å². The molecule has 0 saturated carbocycles. The molecule has 0 aromatic heterocycles. The van der Waals surface area contributed by atoms with Crippen molar-refractivity contribution in [3.8, 4) is 0 Å². The fourth-order valence-electron chi connectivity index (χ4n) is 2.46. The molecule has 1 atom stereocenters. The third kappa shape index (κ3) is 2.95. The summed E-state index contributed by atoms with van der Waals surface area (Å²) in [5, 5.41) is 3.32. The third-order valence-electron chi connectivity index (χ3n) is 3.89. The van der Waals surface area contributed by atoms with E-state index in [1.165, 1.54) is 6.07 Å². The zero-order valence-electron chi connectivity index (χ0n) is 11.8. The number of hydrogen-bond donors (Lipinski definition) is 1. The highest BCUT2D eigenvalue weighted by Crippen LogP contribution is 2.36. The number of rotatable bonds is 3. The molecule has 4 heteroatoms. The van der Waals surface area contributed by atoms with Crippen LogP contribution < -0.4 is 5.32 Å². The van der Waals surface area contributed by atoms with E-state index in [2.05, 4.69) is 10.2 Å². The van der Waals surface area contributed by atoms with Crippen LogP contribution in [0.25, 0.3) is 0 Å². The summed E-state index contributed by atoms with van der Waals surface area (Å²) in [6, 6.07) is 7.04. The van der Waals surface area contributed by atoms with Crippen molar-refractivity contribution in [2.45, 2.75) is 25.8 Å². The molecule has 1 aromatic rings. The van der Waals surface area contributed by atoms with Crippen molar-refractivity contribution in [2.24, 2.45) is 5.92 Å². The van der Waals surface area contributed by atoms with Crippen LogP contribution in [0.5, 0.6) is 0 Å². The average Bonchev–Trinajstić information content (AvgIpc) is 2.39. The standard InChI is InChI=1S/C15H22F2N2/c1-11(2)15(16,17)13-6-4-5-12(9-13)14-10-18-7-8-19(14)3/h4-6,9,11,14,18H,7-8,10H2,1-3H3. The zero-order chi connectivity index (χ0) is 14.0. The van der Waals surface area contributed by atoms with E-state index in [0.29, 0.717) is 0 Å². The Kier molecular flexibility index (Phi) is 4.21. The fraction of sp³-hybridized carbons (Fsp3) is 0.600. The fourth-order valence-corrected chi connectivity index (χ4v) is 2.46. The van der Waals surface area contributed by atoms with Crippen LogP contribution in [0.1, 0.15) is 31.0 Å². The first-order chi connectivity index (χ1) is 8.93. The maximum atomic E-state index is 14.1. The smallest absolute Gasteiger partial charge is 0.275 e. The average molecular weight is 268 g/mol. The van der Waals surface area contributed by atoms with Gasteiger partial charge in [0.15, 0.2) is 0 Å². The van der Waals surface area contributed by atoms with Crippen molar-refractivity contribution in [3.05, 3.63) is 35.4 Å². The van der Waals surface area contributed by atoms with Gasteiger partial charge in [-0.25, -0.2) is 8.78 Å². The van der Waals surface area contributed by atoms with E-state index >= 15 is 0 Å². The van der Waals surface area contributed by atoms with Gasteiger partial charge in [0.2, 0.25) is 0 Å². The van der Waals surface area contributed by atoms with Crippen molar-refractivity contribution < 1.29 is 8.78 Å². The molecule has 0 aliphatic carbocycles. The van der Waals surface area contributed by atoms with Gasteiger partial charge in [-0.1, -0.05) is 32.0 Å². The number of nitrogens with one attached hydrogen (secondary N) is 1. The summed E-state index contributed by atoms with van der Waals surface area (Å²) in [5.74, 6) is -3.46. The number of likely N-dealkylation sites (N-methyl/N-ethyl adjacent to an activating group) is 1. The summed E-state index contributed by atoms with van der Waals surface area (Å²) in [6.45, 7) is 5.82. The summed E-state index contributed by atoms with van der Waals surface area (Å²) >= 11 is 0. The first kappa shape index (κ1) is 14.4. The number of halogens is 2. The molecule has 1 saturated heterocycles. The first-order valence-electron chi connectivity index (χ1n) is 6.82. The summed E-state index contributed by atoms with van der Waals surface area (Å²) in [4.78, 5) is 2.21. The quantitative estimate of drug-likeness (QED) is 0.906. The van der Waals surface area contributed by atoms with E-state index in [9.17, 15) is 8.78 Å². The minimum absolute atomic E-state index is 0.124. The SMILES string of the molecule is CC(C)C(F)(F)c1cccc(C2CNCCN2C)c1. The molecule has 1 aromatic carbocycles. The molecule has 1 unspecified atom stereocenters. The highest BCUT2D eigenvalue weighted by Gasteiger charge is 2.36. The Balaban J connectivity index is 2.29. The molecule has 2 rings (SSSR count). The van der Waals surface area contributed by atoms with Crippen LogP contribution in [0.15, 0.2) is 24.3 Å². The minimum Gasteiger partial charge on any atom is -0.314 e. The number of hydrogen-bond acceptors (Lipinski definition) is 2. The first-order valence-corrected chi connectivity index (χ1v) is 6.82. The van der Waals surface area contributed by atoms with E-state index in [-0.39, 0.29) is 11.6 Å². The van der Waals surface area contributed by atoms with E-state index in [1.54, 1.807) is 26.0 Å². The van der Waals surface area contributed by atoms with E-state index in [4.69, 9.17) is 0 Å². The van der Waals surface area contributed by atoms with Crippen molar-refractivity contribution >= 4 is 0 Å². The van der Waals surface area contributed by atoms with Gasteiger partial charge in [0.05, 0.1) is 0 Å². The predicted octanol–water partition coefficient (Wildman–Crippen LogP) is 3.01. The van der Waals surface area contributed by atoms with Gasteiger partial charge < -0.3 is 5.32 Å². The number of nitrogens with zero attached hydrogens (tertiary/aromatic N) is 1. The lowest BCUT2D eigenvalue weighted by atomic mass is 9.94. The molecule has 1 N–H and O–H groups in total. The molecule has 0 amide bonds. The van der Waals surface area contributed by atoms with E-state index < -0.39 is 11.8 Å². The lowest BCUT2D eigenvalue weighted by Gasteiger charge is -2.34. The second-order valence-electron chi connectivity index (χ2n) is 5.60. The Morgan fingerprint density at radius 3 is 2.74 bits per heavy atom. The Morgan fingerprint density at radius 2 is 2.11 bits per heavy atom. The van der Waals surface area contributed by atoms with E-state index in [1.807, 2.05) is 13.1 Å². The summed E-state index contributed by atoms with van der Waals surface area (Å²) < 4.78 is 28.2.